The molecule has 2 heterocycles. The Hall–Kier alpha value is -2.16. The second-order valence-electron chi connectivity index (χ2n) is 4.22. The third-order valence-corrected chi connectivity index (χ3v) is 3.65. The number of hydrogen-bond acceptors (Lipinski definition) is 7. The Morgan fingerprint density at radius 1 is 1.47 bits per heavy atom. The number of nitrogens with two attached hydrogens (primary N) is 2. The molecule has 1 fully saturated rings. The van der Waals surface area contributed by atoms with Crippen LogP contribution >= 0.6 is 11.8 Å². The summed E-state index contributed by atoms with van der Waals surface area (Å²) in [4.78, 5) is 15.5. The van der Waals surface area contributed by atoms with Crippen LogP contribution in [0.25, 0.3) is 0 Å². The summed E-state index contributed by atoms with van der Waals surface area (Å²) in [6, 6.07) is 1.85. The molecule has 0 atom stereocenters. The number of carbonyl (C=O) groups excluding carboxylic acids is 1. The first-order chi connectivity index (χ1) is 9.15. The van der Waals surface area contributed by atoms with Gasteiger partial charge in [0.2, 0.25) is 5.16 Å². The molecule has 3 rings (SSSR count). The largest absolute Gasteiger partial charge is 0.397 e. The molecule has 1 aliphatic carbocycles. The predicted molar refractivity (Wildman–Crippen MR) is 67.4 cm³/mol. The van der Waals surface area contributed by atoms with Crippen LogP contribution in [0.4, 0.5) is 5.69 Å². The second-order valence-corrected chi connectivity index (χ2v) is 5.18. The lowest BCUT2D eigenvalue weighted by Crippen LogP contribution is -2.13. The number of aromatic nitrogens is 5. The van der Waals surface area contributed by atoms with Crippen molar-refractivity contribution in [1.82, 2.24) is 25.2 Å². The van der Waals surface area contributed by atoms with Crippen LogP contribution in [0.3, 0.4) is 0 Å². The van der Waals surface area contributed by atoms with Crippen LogP contribution in [0.5, 0.6) is 0 Å². The highest BCUT2D eigenvalue weighted by atomic mass is 32.2. The van der Waals surface area contributed by atoms with Crippen molar-refractivity contribution in [3.8, 4) is 0 Å². The first kappa shape index (κ1) is 11.9. The number of rotatable bonds is 4. The topological polar surface area (TPSA) is 126 Å². The Bertz CT molecular complexity index is 637. The van der Waals surface area contributed by atoms with E-state index in [4.69, 9.17) is 11.5 Å². The minimum atomic E-state index is -0.576. The van der Waals surface area contributed by atoms with Crippen molar-refractivity contribution >= 4 is 23.4 Å². The number of tetrazole rings is 1. The third kappa shape index (κ3) is 2.36. The van der Waals surface area contributed by atoms with E-state index in [1.807, 2.05) is 0 Å². The van der Waals surface area contributed by atoms with Gasteiger partial charge in [0.25, 0.3) is 5.91 Å². The number of primary amides is 1. The van der Waals surface area contributed by atoms with E-state index in [2.05, 4.69) is 20.5 Å². The Balaban J connectivity index is 1.94. The van der Waals surface area contributed by atoms with Gasteiger partial charge < -0.3 is 11.5 Å². The SMILES string of the molecule is NC(=O)c1cc(N)cnc1Sc1nnnn1C1CC1. The molecular weight excluding hydrogens is 266 g/mol. The van der Waals surface area contributed by atoms with Gasteiger partial charge in [-0.05, 0) is 41.1 Å². The number of carbonyl (C=O) groups is 1. The van der Waals surface area contributed by atoms with Crippen molar-refractivity contribution in [3.05, 3.63) is 17.8 Å². The van der Waals surface area contributed by atoms with Crippen LogP contribution < -0.4 is 11.5 Å². The monoisotopic (exact) mass is 277 g/mol. The summed E-state index contributed by atoms with van der Waals surface area (Å²) in [6.07, 6.45) is 3.60. The van der Waals surface area contributed by atoms with Crippen LogP contribution in [0.2, 0.25) is 0 Å². The highest BCUT2D eigenvalue weighted by molar-refractivity contribution is 7.99. The maximum atomic E-state index is 11.4. The van der Waals surface area contributed by atoms with Gasteiger partial charge in [-0.1, -0.05) is 0 Å². The fraction of sp³-hybridized carbons (Fsp3) is 0.300. The van der Waals surface area contributed by atoms with Gasteiger partial charge in [-0.15, -0.1) is 5.10 Å². The van der Waals surface area contributed by atoms with E-state index in [0.717, 1.165) is 12.8 Å². The van der Waals surface area contributed by atoms with Crippen molar-refractivity contribution in [3.63, 3.8) is 0 Å². The molecule has 0 aliphatic heterocycles. The molecule has 2 aromatic heterocycles. The van der Waals surface area contributed by atoms with Crippen molar-refractivity contribution in [1.29, 1.82) is 0 Å². The molecule has 0 bridgehead atoms. The molecule has 1 saturated carbocycles. The van der Waals surface area contributed by atoms with Crippen molar-refractivity contribution in [2.45, 2.75) is 29.1 Å². The van der Waals surface area contributed by atoms with Gasteiger partial charge in [0.15, 0.2) is 0 Å². The molecule has 0 saturated heterocycles. The highest BCUT2D eigenvalue weighted by Crippen LogP contribution is 2.38. The van der Waals surface area contributed by atoms with Crippen LogP contribution in [0, 0.1) is 0 Å². The second kappa shape index (κ2) is 4.50. The summed E-state index contributed by atoms with van der Waals surface area (Å²) < 4.78 is 1.74. The normalized spacial score (nSPS) is 14.5. The zero-order chi connectivity index (χ0) is 13.4. The molecule has 0 spiro atoms. The molecule has 0 unspecified atom stereocenters. The molecule has 19 heavy (non-hydrogen) atoms. The fourth-order valence-corrected chi connectivity index (χ4v) is 2.52. The van der Waals surface area contributed by atoms with Crippen LogP contribution in [-0.2, 0) is 0 Å². The number of anilines is 1. The van der Waals surface area contributed by atoms with E-state index in [0.29, 0.717) is 21.9 Å². The maximum absolute atomic E-state index is 11.4. The van der Waals surface area contributed by atoms with Gasteiger partial charge in [-0.2, -0.15) is 0 Å². The van der Waals surface area contributed by atoms with Crippen LogP contribution in [-0.4, -0.2) is 31.1 Å². The molecule has 2 aromatic rings. The van der Waals surface area contributed by atoms with E-state index in [1.54, 1.807) is 4.68 Å². The van der Waals surface area contributed by atoms with Gasteiger partial charge in [0, 0.05) is 0 Å². The standard InChI is InChI=1S/C10H11N7OS/c11-5-3-7(8(12)18)9(13-4-5)19-10-14-15-16-17(10)6-1-2-6/h3-4,6H,1-2,11H2,(H2,12,18). The first-order valence-electron chi connectivity index (χ1n) is 5.66. The zero-order valence-electron chi connectivity index (χ0n) is 9.85. The average molecular weight is 277 g/mol. The zero-order valence-corrected chi connectivity index (χ0v) is 10.7. The minimum absolute atomic E-state index is 0.273. The molecular formula is C10H11N7OS. The number of nitrogens with zero attached hydrogens (tertiary/aromatic N) is 5. The summed E-state index contributed by atoms with van der Waals surface area (Å²) in [6.45, 7) is 0. The van der Waals surface area contributed by atoms with E-state index in [-0.39, 0.29) is 5.56 Å². The Morgan fingerprint density at radius 3 is 2.95 bits per heavy atom. The molecule has 98 valence electrons. The van der Waals surface area contributed by atoms with E-state index < -0.39 is 5.91 Å². The quantitative estimate of drug-likeness (QED) is 0.819. The van der Waals surface area contributed by atoms with Gasteiger partial charge in [-0.25, -0.2) is 9.67 Å². The molecule has 0 aromatic carbocycles. The summed E-state index contributed by atoms with van der Waals surface area (Å²) >= 11 is 1.21. The fourth-order valence-electron chi connectivity index (χ4n) is 1.61. The Kier molecular flexibility index (Phi) is 2.82. The van der Waals surface area contributed by atoms with Crippen LogP contribution in [0.1, 0.15) is 29.2 Å². The number of amides is 1. The van der Waals surface area contributed by atoms with E-state index in [9.17, 15) is 4.79 Å². The van der Waals surface area contributed by atoms with Crippen molar-refractivity contribution in [2.75, 3.05) is 5.73 Å². The predicted octanol–water partition coefficient (Wildman–Crippen LogP) is 0.235. The third-order valence-electron chi connectivity index (χ3n) is 2.68. The molecule has 4 N–H and O–H groups in total. The smallest absolute Gasteiger partial charge is 0.251 e. The maximum Gasteiger partial charge on any atom is 0.251 e. The molecule has 1 amide bonds. The van der Waals surface area contributed by atoms with Gasteiger partial charge in [0.1, 0.15) is 5.03 Å². The highest BCUT2D eigenvalue weighted by Gasteiger charge is 2.28. The van der Waals surface area contributed by atoms with Gasteiger partial charge in [-0.3, -0.25) is 4.79 Å². The minimum Gasteiger partial charge on any atom is -0.397 e. The lowest BCUT2D eigenvalue weighted by molar-refractivity contribution is 0.0997. The number of pyridine rings is 1. The molecule has 0 radical (unpaired) electrons. The summed E-state index contributed by atoms with van der Waals surface area (Å²) in [5.41, 5.74) is 11.6. The Morgan fingerprint density at radius 2 is 2.26 bits per heavy atom. The van der Waals surface area contributed by atoms with E-state index in [1.165, 1.54) is 24.0 Å². The average Bonchev–Trinajstić information content (AvgIpc) is 3.12. The first-order valence-corrected chi connectivity index (χ1v) is 6.48. The molecule has 1 aliphatic rings. The number of nitrogen functional groups attached to an aromatic ring is 1. The summed E-state index contributed by atoms with van der Waals surface area (Å²) in [5, 5.41) is 12.6. The van der Waals surface area contributed by atoms with Gasteiger partial charge >= 0.3 is 0 Å². The van der Waals surface area contributed by atoms with Crippen molar-refractivity contribution in [2.24, 2.45) is 5.73 Å². The number of hydrogen-bond donors (Lipinski definition) is 2. The van der Waals surface area contributed by atoms with Crippen molar-refractivity contribution < 1.29 is 4.79 Å². The van der Waals surface area contributed by atoms with Gasteiger partial charge in [0.05, 0.1) is 23.5 Å². The lowest BCUT2D eigenvalue weighted by atomic mass is 10.2. The Labute approximate surface area is 112 Å². The molecule has 9 heteroatoms. The summed E-state index contributed by atoms with van der Waals surface area (Å²) in [7, 11) is 0. The summed E-state index contributed by atoms with van der Waals surface area (Å²) in [5.74, 6) is -0.576. The lowest BCUT2D eigenvalue weighted by Gasteiger charge is -2.06. The van der Waals surface area contributed by atoms with E-state index >= 15 is 0 Å². The van der Waals surface area contributed by atoms with Crippen LogP contribution in [0.15, 0.2) is 22.4 Å². The molecule has 8 nitrogen and oxygen atoms in total.